The van der Waals surface area contributed by atoms with Gasteiger partial charge in [0.1, 0.15) is 18.2 Å². The molecular weight excluding hydrogens is 394 g/mol. The minimum absolute atomic E-state index is 0.0802. The molecule has 2 aromatic carbocycles. The molecule has 1 amide bonds. The molecule has 5 nitrogen and oxygen atoms in total. The van der Waals surface area contributed by atoms with E-state index in [1.807, 2.05) is 54.8 Å². The Morgan fingerprint density at radius 2 is 1.93 bits per heavy atom. The number of carbonyl (C=O) groups is 1. The van der Waals surface area contributed by atoms with Gasteiger partial charge in [0, 0.05) is 0 Å². The second-order valence-electron chi connectivity index (χ2n) is 7.13. The summed E-state index contributed by atoms with van der Waals surface area (Å²) in [5, 5.41) is 4.97. The highest BCUT2D eigenvalue weighted by Crippen LogP contribution is 2.22. The van der Waals surface area contributed by atoms with E-state index in [-0.39, 0.29) is 11.9 Å². The predicted octanol–water partition coefficient (Wildman–Crippen LogP) is 5.23. The maximum atomic E-state index is 12.5. The van der Waals surface area contributed by atoms with Crippen molar-refractivity contribution in [2.75, 3.05) is 6.61 Å². The average molecular weight is 420 g/mol. The molecule has 0 saturated heterocycles. The van der Waals surface area contributed by atoms with Gasteiger partial charge < -0.3 is 14.6 Å². The largest absolute Gasteiger partial charge is 0.492 e. The Morgan fingerprint density at radius 3 is 2.67 bits per heavy atom. The van der Waals surface area contributed by atoms with Gasteiger partial charge in [-0.2, -0.15) is 0 Å². The molecule has 2 heterocycles. The quantitative estimate of drug-likeness (QED) is 0.425. The molecule has 2 aromatic heterocycles. The van der Waals surface area contributed by atoms with Gasteiger partial charge in [0.05, 0.1) is 28.5 Å². The first kappa shape index (κ1) is 20.2. The second-order valence-corrected chi connectivity index (χ2v) is 8.08. The van der Waals surface area contributed by atoms with E-state index in [0.29, 0.717) is 18.0 Å². The fourth-order valence-corrected chi connectivity index (χ4v) is 4.10. The summed E-state index contributed by atoms with van der Waals surface area (Å²) in [5.74, 6) is 1.60. The van der Waals surface area contributed by atoms with E-state index >= 15 is 0 Å². The molecule has 0 bridgehead atoms. The van der Waals surface area contributed by atoms with Gasteiger partial charge in [0.15, 0.2) is 0 Å². The van der Waals surface area contributed by atoms with Crippen molar-refractivity contribution in [1.29, 1.82) is 0 Å². The molecule has 0 aliphatic heterocycles. The first-order valence-electron chi connectivity index (χ1n) is 10.2. The zero-order chi connectivity index (χ0) is 20.9. The Kier molecular flexibility index (Phi) is 6.14. The van der Waals surface area contributed by atoms with Crippen molar-refractivity contribution < 1.29 is 9.53 Å². The smallest absolute Gasteiger partial charge is 0.261 e. The normalized spacial score (nSPS) is 12.1. The summed E-state index contributed by atoms with van der Waals surface area (Å²) < 4.78 is 8.10. The molecule has 1 atom stereocenters. The van der Waals surface area contributed by atoms with Crippen molar-refractivity contribution in [1.82, 2.24) is 14.9 Å². The molecule has 30 heavy (non-hydrogen) atoms. The van der Waals surface area contributed by atoms with Crippen molar-refractivity contribution >= 4 is 28.3 Å². The lowest BCUT2D eigenvalue weighted by molar-refractivity contribution is 0.0941. The number of imidazole rings is 1. The van der Waals surface area contributed by atoms with Crippen LogP contribution in [0.25, 0.3) is 11.0 Å². The summed E-state index contributed by atoms with van der Waals surface area (Å²) in [5.41, 5.74) is 3.24. The van der Waals surface area contributed by atoms with E-state index in [2.05, 4.69) is 35.0 Å². The van der Waals surface area contributed by atoms with Crippen molar-refractivity contribution in [3.05, 3.63) is 82.3 Å². The first-order valence-corrected chi connectivity index (χ1v) is 11.0. The topological polar surface area (TPSA) is 56.1 Å². The molecule has 1 N–H and O–H groups in total. The fourth-order valence-electron chi connectivity index (χ4n) is 3.48. The molecule has 0 radical (unpaired) electrons. The van der Waals surface area contributed by atoms with Crippen LogP contribution in [-0.2, 0) is 13.0 Å². The third-order valence-corrected chi connectivity index (χ3v) is 5.95. The average Bonchev–Trinajstić information content (AvgIpc) is 3.43. The van der Waals surface area contributed by atoms with Gasteiger partial charge in [-0.25, -0.2) is 4.98 Å². The van der Waals surface area contributed by atoms with Crippen molar-refractivity contribution in [2.45, 2.75) is 32.9 Å². The third kappa shape index (κ3) is 4.39. The van der Waals surface area contributed by atoms with Gasteiger partial charge in [-0.3, -0.25) is 4.79 Å². The van der Waals surface area contributed by atoms with Crippen LogP contribution in [0.1, 0.15) is 40.9 Å². The molecule has 0 aliphatic carbocycles. The molecule has 0 spiro atoms. The first-order chi connectivity index (χ1) is 14.7. The zero-order valence-corrected chi connectivity index (χ0v) is 18.0. The SMILES string of the molecule is CCc1ccc(OCCn2c(C(C)NC(=O)c3cccs3)nc3ccccc32)cc1. The van der Waals surface area contributed by atoms with Crippen LogP contribution in [0.15, 0.2) is 66.0 Å². The van der Waals surface area contributed by atoms with E-state index in [1.165, 1.54) is 16.9 Å². The van der Waals surface area contributed by atoms with E-state index in [0.717, 1.165) is 29.0 Å². The number of ether oxygens (including phenoxy) is 1. The number of carbonyl (C=O) groups excluding carboxylic acids is 1. The Balaban J connectivity index is 1.51. The highest BCUT2D eigenvalue weighted by molar-refractivity contribution is 7.12. The number of thiophene rings is 1. The minimum Gasteiger partial charge on any atom is -0.492 e. The number of aryl methyl sites for hydroxylation is 1. The Hall–Kier alpha value is -3.12. The molecular formula is C24H25N3O2S. The highest BCUT2D eigenvalue weighted by atomic mass is 32.1. The summed E-state index contributed by atoms with van der Waals surface area (Å²) in [6.07, 6.45) is 1.01. The number of nitrogens with one attached hydrogen (secondary N) is 1. The lowest BCUT2D eigenvalue weighted by Crippen LogP contribution is -2.28. The zero-order valence-electron chi connectivity index (χ0n) is 17.2. The number of rotatable bonds is 8. The van der Waals surface area contributed by atoms with Crippen molar-refractivity contribution in [2.24, 2.45) is 0 Å². The van der Waals surface area contributed by atoms with Gasteiger partial charge in [0.25, 0.3) is 5.91 Å². The summed E-state index contributed by atoms with van der Waals surface area (Å²) in [6.45, 7) is 5.27. The predicted molar refractivity (Wildman–Crippen MR) is 121 cm³/mol. The number of aromatic nitrogens is 2. The van der Waals surface area contributed by atoms with Gasteiger partial charge >= 0.3 is 0 Å². The van der Waals surface area contributed by atoms with Crippen LogP contribution in [0.3, 0.4) is 0 Å². The minimum atomic E-state index is -0.226. The summed E-state index contributed by atoms with van der Waals surface area (Å²) in [4.78, 5) is 18.0. The highest BCUT2D eigenvalue weighted by Gasteiger charge is 2.19. The van der Waals surface area contributed by atoms with Crippen molar-refractivity contribution in [3.8, 4) is 5.75 Å². The monoisotopic (exact) mass is 419 g/mol. The summed E-state index contributed by atoms with van der Waals surface area (Å²) in [6, 6.07) is 19.7. The van der Waals surface area contributed by atoms with E-state index in [9.17, 15) is 4.79 Å². The van der Waals surface area contributed by atoms with Crippen LogP contribution in [-0.4, -0.2) is 22.1 Å². The summed E-state index contributed by atoms with van der Waals surface area (Å²) in [7, 11) is 0. The number of hydrogen-bond donors (Lipinski definition) is 1. The molecule has 0 saturated carbocycles. The number of amides is 1. The molecule has 6 heteroatoms. The number of hydrogen-bond acceptors (Lipinski definition) is 4. The lowest BCUT2D eigenvalue weighted by atomic mass is 10.2. The van der Waals surface area contributed by atoms with Crippen LogP contribution in [0.4, 0.5) is 0 Å². The third-order valence-electron chi connectivity index (χ3n) is 5.08. The molecule has 4 aromatic rings. The van der Waals surface area contributed by atoms with Gasteiger partial charge in [-0.15, -0.1) is 11.3 Å². The Bertz CT molecular complexity index is 1120. The van der Waals surface area contributed by atoms with Gasteiger partial charge in [-0.05, 0) is 54.6 Å². The van der Waals surface area contributed by atoms with E-state index in [1.54, 1.807) is 0 Å². The van der Waals surface area contributed by atoms with Crippen LogP contribution in [0.5, 0.6) is 5.75 Å². The van der Waals surface area contributed by atoms with E-state index in [4.69, 9.17) is 9.72 Å². The standard InChI is InChI=1S/C24H25N3O2S/c1-3-18-10-12-19(13-11-18)29-15-14-27-21-8-5-4-7-20(21)26-23(27)17(2)25-24(28)22-9-6-16-30-22/h4-13,16-17H,3,14-15H2,1-2H3,(H,25,28). The number of fused-ring (bicyclic) bond motifs is 1. The molecule has 1 unspecified atom stereocenters. The molecule has 154 valence electrons. The van der Waals surface area contributed by atoms with Gasteiger partial charge in [-0.1, -0.05) is 37.3 Å². The van der Waals surface area contributed by atoms with Crippen molar-refractivity contribution in [3.63, 3.8) is 0 Å². The maximum absolute atomic E-state index is 12.5. The van der Waals surface area contributed by atoms with Gasteiger partial charge in [0.2, 0.25) is 0 Å². The molecule has 4 rings (SSSR count). The lowest BCUT2D eigenvalue weighted by Gasteiger charge is -2.16. The Morgan fingerprint density at radius 1 is 1.13 bits per heavy atom. The molecule has 0 fully saturated rings. The van der Waals surface area contributed by atoms with Crippen LogP contribution >= 0.6 is 11.3 Å². The van der Waals surface area contributed by atoms with Crippen LogP contribution in [0, 0.1) is 0 Å². The van der Waals surface area contributed by atoms with Crippen LogP contribution < -0.4 is 10.1 Å². The number of nitrogens with zero attached hydrogens (tertiary/aromatic N) is 2. The summed E-state index contributed by atoms with van der Waals surface area (Å²) >= 11 is 1.43. The van der Waals surface area contributed by atoms with Crippen LogP contribution in [0.2, 0.25) is 0 Å². The Labute approximate surface area is 180 Å². The maximum Gasteiger partial charge on any atom is 0.261 e. The van der Waals surface area contributed by atoms with E-state index < -0.39 is 0 Å². The second kappa shape index (κ2) is 9.13. The number of benzene rings is 2. The molecule has 0 aliphatic rings. The fraction of sp³-hybridized carbons (Fsp3) is 0.250. The number of para-hydroxylation sites is 2.